The highest BCUT2D eigenvalue weighted by molar-refractivity contribution is 5.28. The first kappa shape index (κ1) is 16.4. The summed E-state index contributed by atoms with van der Waals surface area (Å²) in [5.74, 6) is 3.24. The first-order chi connectivity index (χ1) is 12.2. The van der Waals surface area contributed by atoms with Crippen molar-refractivity contribution in [2.45, 2.75) is 31.8 Å². The zero-order valence-electron chi connectivity index (χ0n) is 14.7. The summed E-state index contributed by atoms with van der Waals surface area (Å²) in [5.41, 5.74) is 1.30. The molecule has 1 saturated carbocycles. The van der Waals surface area contributed by atoms with Crippen molar-refractivity contribution in [1.82, 2.24) is 9.88 Å². The lowest BCUT2D eigenvalue weighted by Crippen LogP contribution is -2.28. The van der Waals surface area contributed by atoms with E-state index in [1.807, 2.05) is 24.3 Å². The first-order valence-corrected chi connectivity index (χ1v) is 9.25. The normalized spacial score (nSPS) is 27.2. The highest BCUT2D eigenvalue weighted by Gasteiger charge is 2.41. The van der Waals surface area contributed by atoms with Crippen molar-refractivity contribution in [3.05, 3.63) is 54.4 Å². The predicted octanol–water partition coefficient (Wildman–Crippen LogP) is 3.68. The molecule has 25 heavy (non-hydrogen) atoms. The minimum atomic E-state index is 0.339. The van der Waals surface area contributed by atoms with Crippen LogP contribution in [0.4, 0.5) is 0 Å². The van der Waals surface area contributed by atoms with Gasteiger partial charge in [0, 0.05) is 25.8 Å². The van der Waals surface area contributed by atoms with Gasteiger partial charge in [-0.25, -0.2) is 0 Å². The predicted molar refractivity (Wildman–Crippen MR) is 97.8 cm³/mol. The van der Waals surface area contributed by atoms with Gasteiger partial charge in [0.2, 0.25) is 0 Å². The molecular formula is C21H26N2O2. The number of pyridine rings is 1. The summed E-state index contributed by atoms with van der Waals surface area (Å²) in [6.45, 7) is 5.72. The Morgan fingerprint density at radius 2 is 1.88 bits per heavy atom. The number of fused-ring (bicyclic) bond motifs is 1. The van der Waals surface area contributed by atoms with Gasteiger partial charge in [-0.3, -0.25) is 4.98 Å². The lowest BCUT2D eigenvalue weighted by Gasteiger charge is -2.23. The van der Waals surface area contributed by atoms with Crippen LogP contribution in [-0.2, 0) is 0 Å². The van der Waals surface area contributed by atoms with Crippen molar-refractivity contribution in [2.75, 3.05) is 19.6 Å². The Morgan fingerprint density at radius 1 is 1.16 bits per heavy atom. The Kier molecular flexibility index (Phi) is 4.62. The van der Waals surface area contributed by atoms with Gasteiger partial charge in [0.05, 0.1) is 12.3 Å². The third kappa shape index (κ3) is 3.79. The highest BCUT2D eigenvalue weighted by Crippen LogP contribution is 2.40. The van der Waals surface area contributed by atoms with Gasteiger partial charge in [-0.1, -0.05) is 19.1 Å². The smallest absolute Gasteiger partial charge is 0.137 e. The van der Waals surface area contributed by atoms with E-state index in [4.69, 9.17) is 4.74 Å². The molecular weight excluding hydrogens is 312 g/mol. The summed E-state index contributed by atoms with van der Waals surface area (Å²) >= 11 is 0. The van der Waals surface area contributed by atoms with E-state index in [1.54, 1.807) is 24.5 Å². The average Bonchev–Trinajstić information content (AvgIpc) is 3.14. The van der Waals surface area contributed by atoms with E-state index in [-0.39, 0.29) is 0 Å². The molecule has 0 amide bonds. The number of nitrogens with zero attached hydrogens (tertiary/aromatic N) is 2. The largest absolute Gasteiger partial charge is 0.508 e. The number of rotatable bonds is 5. The van der Waals surface area contributed by atoms with E-state index < -0.39 is 0 Å². The van der Waals surface area contributed by atoms with E-state index in [2.05, 4.69) is 16.8 Å². The molecule has 2 heterocycles. The van der Waals surface area contributed by atoms with E-state index in [0.717, 1.165) is 37.0 Å². The molecule has 2 aliphatic rings. The second-order valence-corrected chi connectivity index (χ2v) is 7.63. The second kappa shape index (κ2) is 7.04. The van der Waals surface area contributed by atoms with Gasteiger partial charge < -0.3 is 14.7 Å². The molecule has 2 aromatic rings. The Hall–Kier alpha value is -2.07. The van der Waals surface area contributed by atoms with Crippen LogP contribution in [0.3, 0.4) is 0 Å². The minimum absolute atomic E-state index is 0.339. The van der Waals surface area contributed by atoms with Crippen LogP contribution in [0.25, 0.3) is 0 Å². The number of ether oxygens (including phenoxy) is 1. The van der Waals surface area contributed by atoms with Crippen molar-refractivity contribution in [3.8, 4) is 11.5 Å². The summed E-state index contributed by atoms with van der Waals surface area (Å²) in [6, 6.07) is 11.6. The average molecular weight is 338 g/mol. The number of benzene rings is 1. The van der Waals surface area contributed by atoms with Crippen molar-refractivity contribution in [2.24, 2.45) is 11.8 Å². The van der Waals surface area contributed by atoms with Crippen LogP contribution in [0.1, 0.15) is 31.2 Å². The van der Waals surface area contributed by atoms with Crippen molar-refractivity contribution in [1.29, 1.82) is 0 Å². The monoisotopic (exact) mass is 338 g/mol. The van der Waals surface area contributed by atoms with E-state index in [0.29, 0.717) is 17.8 Å². The zero-order chi connectivity index (χ0) is 17.2. The van der Waals surface area contributed by atoms with Gasteiger partial charge in [-0.2, -0.15) is 0 Å². The molecule has 1 aliphatic carbocycles. The number of hydrogen-bond donors (Lipinski definition) is 1. The van der Waals surface area contributed by atoms with Gasteiger partial charge in [0.15, 0.2) is 0 Å². The summed E-state index contributed by atoms with van der Waals surface area (Å²) in [5, 5.41) is 9.44. The van der Waals surface area contributed by atoms with Crippen LogP contribution in [0.2, 0.25) is 0 Å². The Bertz CT molecular complexity index is 675. The van der Waals surface area contributed by atoms with Gasteiger partial charge in [0.1, 0.15) is 11.5 Å². The quantitative estimate of drug-likeness (QED) is 0.903. The molecule has 4 rings (SSSR count). The van der Waals surface area contributed by atoms with Gasteiger partial charge in [-0.05, 0) is 60.4 Å². The van der Waals surface area contributed by atoms with E-state index in [9.17, 15) is 5.11 Å². The maximum atomic E-state index is 9.44. The highest BCUT2D eigenvalue weighted by atomic mass is 16.5. The molecule has 0 spiro atoms. The van der Waals surface area contributed by atoms with E-state index in [1.165, 1.54) is 18.7 Å². The molecule has 132 valence electrons. The van der Waals surface area contributed by atoms with Crippen molar-refractivity contribution in [3.63, 3.8) is 0 Å². The summed E-state index contributed by atoms with van der Waals surface area (Å²) in [6.07, 6.45) is 6.24. The van der Waals surface area contributed by atoms with Crippen LogP contribution in [0.15, 0.2) is 48.8 Å². The third-order valence-corrected chi connectivity index (χ3v) is 5.71. The summed E-state index contributed by atoms with van der Waals surface area (Å²) < 4.78 is 6.10. The minimum Gasteiger partial charge on any atom is -0.508 e. The van der Waals surface area contributed by atoms with Gasteiger partial charge >= 0.3 is 0 Å². The first-order valence-electron chi connectivity index (χ1n) is 9.25. The van der Waals surface area contributed by atoms with E-state index >= 15 is 0 Å². The Labute approximate surface area is 149 Å². The molecule has 1 aromatic carbocycles. The summed E-state index contributed by atoms with van der Waals surface area (Å²) in [7, 11) is 0. The molecule has 1 aliphatic heterocycles. The third-order valence-electron chi connectivity index (χ3n) is 5.71. The standard InChI is InChI=1S/C21H26N2O2/c1-15(16-4-6-19(24)7-5-16)12-23-13-17-9-21(10-18(17)14-23)25-20-3-2-8-22-11-20/h2-8,11,15,17-18,21,24H,9-10,12-14H2,1H3/t15?,17-,18+,21-. The number of phenolic OH excluding ortho intramolecular Hbond substituents is 1. The van der Waals surface area contributed by atoms with Crippen LogP contribution < -0.4 is 4.74 Å². The van der Waals surface area contributed by atoms with Crippen molar-refractivity contribution >= 4 is 0 Å². The van der Waals surface area contributed by atoms with Gasteiger partial charge in [-0.15, -0.1) is 0 Å². The number of aromatic nitrogens is 1. The fraction of sp³-hybridized carbons (Fsp3) is 0.476. The zero-order valence-corrected chi connectivity index (χ0v) is 14.7. The number of phenols is 1. The van der Waals surface area contributed by atoms with Gasteiger partial charge in [0.25, 0.3) is 0 Å². The van der Waals surface area contributed by atoms with Crippen molar-refractivity contribution < 1.29 is 9.84 Å². The number of hydrogen-bond acceptors (Lipinski definition) is 4. The Balaban J connectivity index is 1.28. The fourth-order valence-corrected chi connectivity index (χ4v) is 4.49. The molecule has 1 aromatic heterocycles. The maximum Gasteiger partial charge on any atom is 0.137 e. The molecule has 4 heteroatoms. The molecule has 4 nitrogen and oxygen atoms in total. The lowest BCUT2D eigenvalue weighted by molar-refractivity contribution is 0.184. The molecule has 1 unspecified atom stereocenters. The van der Waals surface area contributed by atoms with Crippen LogP contribution in [0.5, 0.6) is 11.5 Å². The second-order valence-electron chi connectivity index (χ2n) is 7.63. The molecule has 2 fully saturated rings. The van der Waals surface area contributed by atoms with Crippen LogP contribution in [-0.4, -0.2) is 40.7 Å². The topological polar surface area (TPSA) is 45.6 Å². The number of aromatic hydroxyl groups is 1. The SMILES string of the molecule is CC(CN1C[C@H]2C[C@@H](Oc3cccnc3)C[C@H]2C1)c1ccc(O)cc1. The summed E-state index contributed by atoms with van der Waals surface area (Å²) in [4.78, 5) is 6.73. The molecule has 0 bridgehead atoms. The lowest BCUT2D eigenvalue weighted by atomic mass is 10.0. The number of likely N-dealkylation sites (tertiary alicyclic amines) is 1. The Morgan fingerprint density at radius 3 is 2.52 bits per heavy atom. The van der Waals surface area contributed by atoms with Crippen LogP contribution >= 0.6 is 0 Å². The molecule has 4 atom stereocenters. The van der Waals surface area contributed by atoms with Crippen LogP contribution in [0, 0.1) is 11.8 Å². The molecule has 1 N–H and O–H groups in total. The molecule has 1 saturated heterocycles. The molecule has 0 radical (unpaired) electrons. The maximum absolute atomic E-state index is 9.44. The fourth-order valence-electron chi connectivity index (χ4n) is 4.49.